The highest BCUT2D eigenvalue weighted by Gasteiger charge is 2.19. The molecule has 3 nitrogen and oxygen atoms in total. The van der Waals surface area contributed by atoms with Gasteiger partial charge in [-0.15, -0.1) is 0 Å². The largest absolute Gasteiger partial charge is 0.497 e. The normalized spacial score (nSPS) is 12.1. The highest BCUT2D eigenvalue weighted by molar-refractivity contribution is 6.30. The SMILES string of the molecule is COc1ccc([C@H](CC(C)C)NC(=O)c2ccc(Cl)cc2F)cc1. The van der Waals surface area contributed by atoms with E-state index in [4.69, 9.17) is 16.3 Å². The highest BCUT2D eigenvalue weighted by Crippen LogP contribution is 2.24. The van der Waals surface area contributed by atoms with E-state index in [1.807, 2.05) is 24.3 Å². The maximum atomic E-state index is 14.0. The van der Waals surface area contributed by atoms with E-state index in [0.29, 0.717) is 5.92 Å². The quantitative estimate of drug-likeness (QED) is 0.796. The molecule has 0 bridgehead atoms. The standard InChI is InChI=1S/C19H21ClFNO2/c1-12(2)10-18(13-4-7-15(24-3)8-5-13)22-19(23)16-9-6-14(20)11-17(16)21/h4-9,11-12,18H,10H2,1-3H3,(H,22,23)/t18-/m0/s1. The molecule has 1 atom stereocenters. The lowest BCUT2D eigenvalue weighted by Gasteiger charge is -2.21. The zero-order valence-electron chi connectivity index (χ0n) is 14.0. The lowest BCUT2D eigenvalue weighted by molar-refractivity contribution is 0.0928. The van der Waals surface area contributed by atoms with E-state index in [0.717, 1.165) is 23.8 Å². The summed E-state index contributed by atoms with van der Waals surface area (Å²) in [5, 5.41) is 3.18. The maximum Gasteiger partial charge on any atom is 0.254 e. The average molecular weight is 350 g/mol. The summed E-state index contributed by atoms with van der Waals surface area (Å²) in [6, 6.07) is 11.3. The minimum absolute atomic E-state index is 0.0123. The molecule has 2 rings (SSSR count). The van der Waals surface area contributed by atoms with Crippen LogP contribution in [0.5, 0.6) is 5.75 Å². The topological polar surface area (TPSA) is 38.3 Å². The molecule has 24 heavy (non-hydrogen) atoms. The summed E-state index contributed by atoms with van der Waals surface area (Å²) in [5.74, 6) is 0.0354. The van der Waals surface area contributed by atoms with Crippen LogP contribution in [0.3, 0.4) is 0 Å². The van der Waals surface area contributed by atoms with Crippen LogP contribution in [-0.4, -0.2) is 13.0 Å². The summed E-state index contributed by atoms with van der Waals surface area (Å²) in [6.45, 7) is 4.15. The van der Waals surface area contributed by atoms with Gasteiger partial charge in [0.2, 0.25) is 0 Å². The van der Waals surface area contributed by atoms with Crippen molar-refractivity contribution in [2.24, 2.45) is 5.92 Å². The molecule has 0 aliphatic heterocycles. The fraction of sp³-hybridized carbons (Fsp3) is 0.316. The Morgan fingerprint density at radius 3 is 2.42 bits per heavy atom. The lowest BCUT2D eigenvalue weighted by atomic mass is 9.96. The number of halogens is 2. The van der Waals surface area contributed by atoms with Gasteiger partial charge in [0.05, 0.1) is 18.7 Å². The van der Waals surface area contributed by atoms with E-state index >= 15 is 0 Å². The molecule has 0 saturated carbocycles. The molecule has 0 aliphatic carbocycles. The van der Waals surface area contributed by atoms with Crippen LogP contribution in [0, 0.1) is 11.7 Å². The van der Waals surface area contributed by atoms with Crippen molar-refractivity contribution in [1.29, 1.82) is 0 Å². The second-order valence-corrected chi connectivity index (χ2v) is 6.49. The van der Waals surface area contributed by atoms with Gasteiger partial charge in [-0.2, -0.15) is 0 Å². The third kappa shape index (κ3) is 4.71. The van der Waals surface area contributed by atoms with Crippen molar-refractivity contribution >= 4 is 17.5 Å². The maximum absolute atomic E-state index is 14.0. The lowest BCUT2D eigenvalue weighted by Crippen LogP contribution is -2.30. The van der Waals surface area contributed by atoms with E-state index in [1.54, 1.807) is 7.11 Å². The summed E-state index contributed by atoms with van der Waals surface area (Å²) >= 11 is 5.74. The Labute approximate surface area is 146 Å². The summed E-state index contributed by atoms with van der Waals surface area (Å²) in [4.78, 5) is 12.4. The van der Waals surface area contributed by atoms with Crippen LogP contribution < -0.4 is 10.1 Å². The van der Waals surface area contributed by atoms with Gasteiger partial charge in [0.25, 0.3) is 5.91 Å². The van der Waals surface area contributed by atoms with Crippen molar-refractivity contribution in [3.8, 4) is 5.75 Å². The molecule has 0 aromatic heterocycles. The van der Waals surface area contributed by atoms with Crippen LogP contribution in [0.15, 0.2) is 42.5 Å². The van der Waals surface area contributed by atoms with Crippen LogP contribution in [0.2, 0.25) is 5.02 Å². The van der Waals surface area contributed by atoms with E-state index in [9.17, 15) is 9.18 Å². The molecular formula is C19H21ClFNO2. The van der Waals surface area contributed by atoms with Crippen LogP contribution in [0.1, 0.15) is 42.2 Å². The third-order valence-corrected chi connectivity index (χ3v) is 3.94. The first-order chi connectivity index (χ1) is 11.4. The summed E-state index contributed by atoms with van der Waals surface area (Å²) in [6.07, 6.45) is 0.743. The molecule has 2 aromatic carbocycles. The van der Waals surface area contributed by atoms with Crippen LogP contribution in [0.4, 0.5) is 4.39 Å². The molecule has 2 aromatic rings. The number of methoxy groups -OCH3 is 1. The van der Waals surface area contributed by atoms with Crippen molar-refractivity contribution in [1.82, 2.24) is 5.32 Å². The fourth-order valence-electron chi connectivity index (χ4n) is 2.50. The third-order valence-electron chi connectivity index (χ3n) is 3.71. The molecule has 0 spiro atoms. The number of hydrogen-bond acceptors (Lipinski definition) is 2. The van der Waals surface area contributed by atoms with Crippen LogP contribution >= 0.6 is 11.6 Å². The molecule has 1 amide bonds. The van der Waals surface area contributed by atoms with Crippen LogP contribution in [0.25, 0.3) is 0 Å². The first-order valence-corrected chi connectivity index (χ1v) is 8.18. The van der Waals surface area contributed by atoms with Crippen molar-refractivity contribution in [2.75, 3.05) is 7.11 Å². The van der Waals surface area contributed by atoms with E-state index in [-0.39, 0.29) is 16.6 Å². The van der Waals surface area contributed by atoms with Gasteiger partial charge in [-0.3, -0.25) is 4.79 Å². The molecule has 128 valence electrons. The second-order valence-electron chi connectivity index (χ2n) is 6.05. The van der Waals surface area contributed by atoms with E-state index in [2.05, 4.69) is 19.2 Å². The number of nitrogens with one attached hydrogen (secondary N) is 1. The summed E-state index contributed by atoms with van der Waals surface area (Å²) in [5.41, 5.74) is 0.939. The molecule has 0 radical (unpaired) electrons. The highest BCUT2D eigenvalue weighted by atomic mass is 35.5. The Bertz CT molecular complexity index is 701. The predicted molar refractivity (Wildman–Crippen MR) is 94.1 cm³/mol. The Morgan fingerprint density at radius 1 is 1.21 bits per heavy atom. The van der Waals surface area contributed by atoms with Crippen LogP contribution in [-0.2, 0) is 0 Å². The molecule has 0 aliphatic rings. The minimum atomic E-state index is -0.627. The first-order valence-electron chi connectivity index (χ1n) is 7.80. The van der Waals surface area contributed by atoms with E-state index in [1.165, 1.54) is 12.1 Å². The van der Waals surface area contributed by atoms with Gasteiger partial charge in [0.1, 0.15) is 11.6 Å². The van der Waals surface area contributed by atoms with Gasteiger partial charge in [0.15, 0.2) is 0 Å². The molecule has 0 heterocycles. The molecule has 5 heteroatoms. The number of hydrogen-bond donors (Lipinski definition) is 1. The van der Waals surface area contributed by atoms with E-state index < -0.39 is 11.7 Å². The molecule has 0 unspecified atom stereocenters. The van der Waals surface area contributed by atoms with Crippen molar-refractivity contribution in [3.05, 3.63) is 64.4 Å². The number of carbonyl (C=O) groups is 1. The first kappa shape index (κ1) is 18.3. The van der Waals surface area contributed by atoms with Crippen molar-refractivity contribution < 1.29 is 13.9 Å². The zero-order valence-corrected chi connectivity index (χ0v) is 14.7. The summed E-state index contributed by atoms with van der Waals surface area (Å²) < 4.78 is 19.1. The van der Waals surface area contributed by atoms with Gasteiger partial charge < -0.3 is 10.1 Å². The van der Waals surface area contributed by atoms with Crippen molar-refractivity contribution in [3.63, 3.8) is 0 Å². The molecule has 0 fully saturated rings. The number of carbonyl (C=O) groups excluding carboxylic acids is 1. The van der Waals surface area contributed by atoms with Gasteiger partial charge in [-0.25, -0.2) is 4.39 Å². The van der Waals surface area contributed by atoms with Gasteiger partial charge in [0, 0.05) is 5.02 Å². The Balaban J connectivity index is 2.22. The zero-order chi connectivity index (χ0) is 17.7. The average Bonchev–Trinajstić information content (AvgIpc) is 2.53. The van der Waals surface area contributed by atoms with Gasteiger partial charge in [-0.1, -0.05) is 37.6 Å². The van der Waals surface area contributed by atoms with Gasteiger partial charge >= 0.3 is 0 Å². The number of ether oxygens (including phenoxy) is 1. The second kappa shape index (κ2) is 8.15. The molecule has 0 saturated heterocycles. The van der Waals surface area contributed by atoms with Crippen molar-refractivity contribution in [2.45, 2.75) is 26.3 Å². The number of amides is 1. The summed E-state index contributed by atoms with van der Waals surface area (Å²) in [7, 11) is 1.60. The minimum Gasteiger partial charge on any atom is -0.497 e. The molecule has 1 N–H and O–H groups in total. The number of benzene rings is 2. The Kier molecular flexibility index (Phi) is 6.21. The number of rotatable bonds is 6. The Hall–Kier alpha value is -2.07. The van der Waals surface area contributed by atoms with Gasteiger partial charge in [-0.05, 0) is 48.2 Å². The Morgan fingerprint density at radius 2 is 1.88 bits per heavy atom. The monoisotopic (exact) mass is 349 g/mol. The molecular weight excluding hydrogens is 329 g/mol. The predicted octanol–water partition coefficient (Wildman–Crippen LogP) is 5.00. The smallest absolute Gasteiger partial charge is 0.254 e. The fourth-order valence-corrected chi connectivity index (χ4v) is 2.65.